The average molecular weight is 159 g/mol. The lowest BCUT2D eigenvalue weighted by molar-refractivity contribution is -0.115. The maximum absolute atomic E-state index is 10.9. The molecule has 1 aliphatic heterocycles. The van der Waals surface area contributed by atoms with Crippen LogP contribution in [-0.2, 0) is 4.79 Å². The number of amides is 1. The van der Waals surface area contributed by atoms with Crippen molar-refractivity contribution in [2.24, 2.45) is 5.10 Å². The molecule has 1 rings (SSSR count). The van der Waals surface area contributed by atoms with Crippen molar-refractivity contribution in [1.82, 2.24) is 10.7 Å². The van der Waals surface area contributed by atoms with E-state index in [9.17, 15) is 4.79 Å². The van der Waals surface area contributed by atoms with Crippen molar-refractivity contribution in [1.29, 1.82) is 0 Å². The number of rotatable bonds is 1. The Morgan fingerprint density at radius 1 is 1.70 bits per heavy atom. The number of hydrogen-bond acceptors (Lipinski definition) is 4. The molecule has 0 saturated heterocycles. The number of thioether (sulfide) groups is 1. The van der Waals surface area contributed by atoms with Crippen LogP contribution in [0.2, 0.25) is 0 Å². The highest BCUT2D eigenvalue weighted by molar-refractivity contribution is 7.99. The number of nitrogens with one attached hydrogen (secondary N) is 2. The Morgan fingerprint density at radius 3 is 2.90 bits per heavy atom. The van der Waals surface area contributed by atoms with Gasteiger partial charge in [0.2, 0.25) is 0 Å². The van der Waals surface area contributed by atoms with E-state index in [4.69, 9.17) is 0 Å². The number of hydrazone groups is 1. The Hall–Kier alpha value is -0.710. The second-order valence-electron chi connectivity index (χ2n) is 1.92. The fraction of sp³-hybridized carbons (Fsp3) is 0.600. The molecular formula is C5H9N3OS. The summed E-state index contributed by atoms with van der Waals surface area (Å²) >= 11 is 1.50. The van der Waals surface area contributed by atoms with Gasteiger partial charge >= 0.3 is 0 Å². The zero-order chi connectivity index (χ0) is 7.56. The molecule has 0 aromatic rings. The van der Waals surface area contributed by atoms with Gasteiger partial charge in [-0.1, -0.05) is 0 Å². The normalized spacial score (nSPS) is 24.8. The monoisotopic (exact) mass is 159 g/mol. The third kappa shape index (κ3) is 1.41. The van der Waals surface area contributed by atoms with Crippen LogP contribution < -0.4 is 10.7 Å². The fourth-order valence-corrected chi connectivity index (χ4v) is 0.957. The first-order valence-corrected chi connectivity index (χ1v) is 4.16. The number of hydrogen-bond donors (Lipinski definition) is 2. The Kier molecular flexibility index (Phi) is 2.16. The highest BCUT2D eigenvalue weighted by Crippen LogP contribution is 2.01. The van der Waals surface area contributed by atoms with Gasteiger partial charge in [0.05, 0.1) is 0 Å². The summed E-state index contributed by atoms with van der Waals surface area (Å²) in [4.78, 5) is 10.9. The topological polar surface area (TPSA) is 53.5 Å². The van der Waals surface area contributed by atoms with Crippen molar-refractivity contribution in [3.05, 3.63) is 0 Å². The van der Waals surface area contributed by atoms with Crippen LogP contribution in [0.25, 0.3) is 0 Å². The summed E-state index contributed by atoms with van der Waals surface area (Å²) in [5.41, 5.74) is 3.17. The minimum absolute atomic E-state index is 0.0730. The lowest BCUT2D eigenvalue weighted by Gasteiger charge is -2.20. The molecule has 0 bridgehead atoms. The zero-order valence-corrected chi connectivity index (χ0v) is 6.66. The second-order valence-corrected chi connectivity index (χ2v) is 2.86. The maximum atomic E-state index is 10.9. The van der Waals surface area contributed by atoms with Crippen molar-refractivity contribution < 1.29 is 4.79 Å². The standard InChI is InChI=1S/C5H9N3OS/c1-3-4(9)6-5(10-2)8-7-3/h5,8H,1-2H3,(H,6,9). The second kappa shape index (κ2) is 2.92. The van der Waals surface area contributed by atoms with Crippen LogP contribution in [0, 0.1) is 0 Å². The van der Waals surface area contributed by atoms with Crippen molar-refractivity contribution in [3.8, 4) is 0 Å². The van der Waals surface area contributed by atoms with Crippen LogP contribution in [0.15, 0.2) is 5.10 Å². The van der Waals surface area contributed by atoms with Gasteiger partial charge in [-0.25, -0.2) is 0 Å². The molecule has 0 spiro atoms. The summed E-state index contributed by atoms with van der Waals surface area (Å²) in [6, 6.07) is 0. The van der Waals surface area contributed by atoms with Crippen LogP contribution in [0.5, 0.6) is 0 Å². The van der Waals surface area contributed by atoms with Crippen molar-refractivity contribution in [2.75, 3.05) is 6.26 Å². The predicted octanol–water partition coefficient (Wildman–Crippen LogP) is -0.272. The molecule has 10 heavy (non-hydrogen) atoms. The smallest absolute Gasteiger partial charge is 0.269 e. The Labute approximate surface area is 63.4 Å². The fourth-order valence-electron chi connectivity index (χ4n) is 0.574. The molecule has 1 unspecified atom stereocenters. The Balaban J connectivity index is 2.59. The lowest BCUT2D eigenvalue weighted by Crippen LogP contribution is -2.48. The quantitative estimate of drug-likeness (QED) is 0.553. The lowest BCUT2D eigenvalue weighted by atomic mass is 10.4. The summed E-state index contributed by atoms with van der Waals surface area (Å²) in [5.74, 6) is -0.0990. The van der Waals surface area contributed by atoms with E-state index in [1.54, 1.807) is 6.92 Å². The summed E-state index contributed by atoms with van der Waals surface area (Å²) in [6.45, 7) is 1.67. The van der Waals surface area contributed by atoms with Crippen molar-refractivity contribution in [3.63, 3.8) is 0 Å². The van der Waals surface area contributed by atoms with Gasteiger partial charge < -0.3 is 5.32 Å². The molecule has 1 atom stereocenters. The zero-order valence-electron chi connectivity index (χ0n) is 5.84. The summed E-state index contributed by atoms with van der Waals surface area (Å²) in [5, 5.41) is 6.49. The van der Waals surface area contributed by atoms with E-state index in [0.717, 1.165) is 0 Å². The SMILES string of the molecule is CSC1NN=C(C)C(=O)N1. The molecule has 0 aliphatic carbocycles. The minimum Gasteiger partial charge on any atom is -0.321 e. The van der Waals surface area contributed by atoms with E-state index in [1.807, 2.05) is 6.26 Å². The van der Waals surface area contributed by atoms with E-state index in [-0.39, 0.29) is 11.4 Å². The molecule has 2 N–H and O–H groups in total. The highest BCUT2D eigenvalue weighted by atomic mass is 32.2. The molecule has 0 aromatic carbocycles. The van der Waals surface area contributed by atoms with Crippen LogP contribution in [-0.4, -0.2) is 23.4 Å². The van der Waals surface area contributed by atoms with Crippen LogP contribution in [0.4, 0.5) is 0 Å². The Bertz CT molecular complexity index is 180. The van der Waals surface area contributed by atoms with E-state index in [1.165, 1.54) is 11.8 Å². The van der Waals surface area contributed by atoms with Gasteiger partial charge in [-0.2, -0.15) is 5.10 Å². The molecule has 0 radical (unpaired) electrons. The maximum Gasteiger partial charge on any atom is 0.269 e. The minimum atomic E-state index is -0.0990. The molecule has 1 amide bonds. The third-order valence-corrected chi connectivity index (χ3v) is 1.87. The first-order chi connectivity index (χ1) is 4.74. The third-order valence-electron chi connectivity index (χ3n) is 1.18. The Morgan fingerprint density at radius 2 is 2.40 bits per heavy atom. The largest absolute Gasteiger partial charge is 0.321 e. The summed E-state index contributed by atoms with van der Waals surface area (Å²) in [6.07, 6.45) is 1.90. The number of nitrogens with zero attached hydrogens (tertiary/aromatic N) is 1. The van der Waals surface area contributed by atoms with Crippen molar-refractivity contribution in [2.45, 2.75) is 12.4 Å². The molecule has 1 aliphatic rings. The van der Waals surface area contributed by atoms with Gasteiger partial charge in [0, 0.05) is 0 Å². The molecular weight excluding hydrogens is 150 g/mol. The van der Waals surface area contributed by atoms with Gasteiger partial charge in [0.15, 0.2) is 5.50 Å². The van der Waals surface area contributed by atoms with Crippen LogP contribution >= 0.6 is 11.8 Å². The first-order valence-electron chi connectivity index (χ1n) is 2.87. The van der Waals surface area contributed by atoms with Gasteiger partial charge in [0.1, 0.15) is 5.71 Å². The molecule has 4 nitrogen and oxygen atoms in total. The summed E-state index contributed by atoms with van der Waals surface area (Å²) in [7, 11) is 0. The molecule has 0 fully saturated rings. The highest BCUT2D eigenvalue weighted by Gasteiger charge is 2.16. The van der Waals surface area contributed by atoms with Crippen LogP contribution in [0.3, 0.4) is 0 Å². The van der Waals surface area contributed by atoms with Gasteiger partial charge in [-0.15, -0.1) is 11.8 Å². The van der Waals surface area contributed by atoms with E-state index < -0.39 is 0 Å². The molecule has 5 heteroatoms. The van der Waals surface area contributed by atoms with Gasteiger partial charge in [0.25, 0.3) is 5.91 Å². The molecule has 1 heterocycles. The van der Waals surface area contributed by atoms with E-state index in [2.05, 4.69) is 15.8 Å². The predicted molar refractivity (Wildman–Crippen MR) is 41.7 cm³/mol. The van der Waals surface area contributed by atoms with Crippen LogP contribution in [0.1, 0.15) is 6.92 Å². The number of carbonyl (C=O) groups is 1. The molecule has 56 valence electrons. The molecule has 0 aromatic heterocycles. The molecule has 0 saturated carbocycles. The van der Waals surface area contributed by atoms with E-state index in [0.29, 0.717) is 5.71 Å². The average Bonchev–Trinajstić information content (AvgIpc) is 1.95. The number of carbonyl (C=O) groups excluding carboxylic acids is 1. The van der Waals surface area contributed by atoms with E-state index >= 15 is 0 Å². The van der Waals surface area contributed by atoms with Gasteiger partial charge in [-0.05, 0) is 13.2 Å². The van der Waals surface area contributed by atoms with Crippen molar-refractivity contribution >= 4 is 23.4 Å². The van der Waals surface area contributed by atoms with Gasteiger partial charge in [-0.3, -0.25) is 10.2 Å². The summed E-state index contributed by atoms with van der Waals surface area (Å²) < 4.78 is 0. The first kappa shape index (κ1) is 7.40.